The van der Waals surface area contributed by atoms with Gasteiger partial charge in [-0.3, -0.25) is 18.9 Å². The number of rotatable bonds is 9. The molecule has 3 rings (SSSR count). The molecule has 0 bridgehead atoms. The van der Waals surface area contributed by atoms with E-state index in [1.54, 1.807) is 41.4 Å². The van der Waals surface area contributed by atoms with Gasteiger partial charge in [0.25, 0.3) is 5.91 Å². The monoisotopic (exact) mass is 382 g/mol. The van der Waals surface area contributed by atoms with Crippen LogP contribution in [0.25, 0.3) is 5.65 Å². The van der Waals surface area contributed by atoms with Crippen LogP contribution >= 0.6 is 0 Å². The number of amides is 2. The van der Waals surface area contributed by atoms with Crippen molar-refractivity contribution in [2.75, 3.05) is 18.5 Å². The van der Waals surface area contributed by atoms with Crippen LogP contribution in [0, 0.1) is 0 Å². The van der Waals surface area contributed by atoms with E-state index in [9.17, 15) is 9.59 Å². The summed E-state index contributed by atoms with van der Waals surface area (Å²) in [5.41, 5.74) is 2.10. The van der Waals surface area contributed by atoms with Gasteiger partial charge in [-0.15, -0.1) is 0 Å². The van der Waals surface area contributed by atoms with Gasteiger partial charge in [0.2, 0.25) is 6.41 Å². The Bertz CT molecular complexity index is 946. The van der Waals surface area contributed by atoms with E-state index in [-0.39, 0.29) is 5.91 Å². The van der Waals surface area contributed by atoms with E-state index in [0.717, 1.165) is 42.2 Å². The fraction of sp³-hybridized carbons (Fsp3) is 0.381. The number of anilines is 1. The van der Waals surface area contributed by atoms with Crippen LogP contribution in [0.1, 0.15) is 48.5 Å². The van der Waals surface area contributed by atoms with Crippen LogP contribution in [-0.4, -0.2) is 40.2 Å². The van der Waals surface area contributed by atoms with E-state index < -0.39 is 0 Å². The summed E-state index contributed by atoms with van der Waals surface area (Å²) in [4.78, 5) is 32.5. The normalized spacial score (nSPS) is 11.0. The third kappa shape index (κ3) is 3.93. The highest BCUT2D eigenvalue weighted by molar-refractivity contribution is 5.94. The molecule has 0 N–H and O–H groups in total. The molecule has 0 fully saturated rings. The van der Waals surface area contributed by atoms with Gasteiger partial charge in [-0.2, -0.15) is 0 Å². The predicted molar refractivity (Wildman–Crippen MR) is 107 cm³/mol. The maximum Gasteiger partial charge on any atom is 0.255 e. The van der Waals surface area contributed by atoms with Gasteiger partial charge in [-0.05, 0) is 37.1 Å². The largest absolute Gasteiger partial charge is 0.467 e. The van der Waals surface area contributed by atoms with Crippen LogP contribution in [0.4, 0.5) is 5.82 Å². The summed E-state index contributed by atoms with van der Waals surface area (Å²) in [6.07, 6.45) is 6.79. The van der Waals surface area contributed by atoms with Crippen molar-refractivity contribution in [3.05, 3.63) is 53.7 Å². The standard InChI is InChI=1S/C21H26N4O3/c1-4-6-11-24(15-26)20-18(5-2)22-19-10-9-16(13-25(19)20)21(27)23(3)14-17-8-7-12-28-17/h7-10,12-13,15H,4-6,11,14H2,1-3H3. The van der Waals surface area contributed by atoms with Gasteiger partial charge < -0.3 is 9.32 Å². The Morgan fingerprint density at radius 1 is 1.29 bits per heavy atom. The molecule has 0 aliphatic rings. The fourth-order valence-corrected chi connectivity index (χ4v) is 3.21. The molecule has 0 radical (unpaired) electrons. The number of pyridine rings is 1. The maximum atomic E-state index is 12.9. The smallest absolute Gasteiger partial charge is 0.255 e. The minimum atomic E-state index is -0.123. The Hall–Kier alpha value is -3.09. The van der Waals surface area contributed by atoms with Crippen molar-refractivity contribution in [3.63, 3.8) is 0 Å². The Morgan fingerprint density at radius 3 is 2.75 bits per heavy atom. The van der Waals surface area contributed by atoms with Crippen molar-refractivity contribution in [2.45, 2.75) is 39.7 Å². The summed E-state index contributed by atoms with van der Waals surface area (Å²) in [5.74, 6) is 1.34. The Morgan fingerprint density at radius 2 is 2.11 bits per heavy atom. The van der Waals surface area contributed by atoms with Gasteiger partial charge >= 0.3 is 0 Å². The first-order valence-corrected chi connectivity index (χ1v) is 9.59. The lowest BCUT2D eigenvalue weighted by Gasteiger charge is -2.19. The number of imidazole rings is 1. The summed E-state index contributed by atoms with van der Waals surface area (Å²) in [6.45, 7) is 5.11. The molecule has 0 aromatic carbocycles. The molecule has 3 aromatic rings. The topological polar surface area (TPSA) is 71.1 Å². The second-order valence-corrected chi connectivity index (χ2v) is 6.77. The molecule has 0 aliphatic carbocycles. The highest BCUT2D eigenvalue weighted by atomic mass is 16.3. The third-order valence-electron chi connectivity index (χ3n) is 4.72. The molecule has 2 amide bonds. The number of carbonyl (C=O) groups excluding carboxylic acids is 2. The van der Waals surface area contributed by atoms with E-state index in [4.69, 9.17) is 4.42 Å². The lowest BCUT2D eigenvalue weighted by atomic mass is 10.2. The SMILES string of the molecule is CCCCN(C=O)c1c(CC)nc2ccc(C(=O)N(C)Cc3ccco3)cn12. The number of aryl methyl sites for hydroxylation is 1. The Kier molecular flexibility index (Phi) is 6.13. The molecular weight excluding hydrogens is 356 g/mol. The average molecular weight is 382 g/mol. The van der Waals surface area contributed by atoms with E-state index in [1.807, 2.05) is 23.5 Å². The van der Waals surface area contributed by atoms with Gasteiger partial charge in [-0.25, -0.2) is 4.98 Å². The van der Waals surface area contributed by atoms with Crippen LogP contribution in [0.5, 0.6) is 0 Å². The fourth-order valence-electron chi connectivity index (χ4n) is 3.21. The number of furan rings is 1. The summed E-state index contributed by atoms with van der Waals surface area (Å²) in [7, 11) is 1.74. The van der Waals surface area contributed by atoms with Crippen LogP contribution in [0.3, 0.4) is 0 Å². The highest BCUT2D eigenvalue weighted by Crippen LogP contribution is 2.24. The van der Waals surface area contributed by atoms with Gasteiger partial charge in [0.15, 0.2) is 0 Å². The first kappa shape index (κ1) is 19.7. The van der Waals surface area contributed by atoms with Crippen molar-refractivity contribution in [1.29, 1.82) is 0 Å². The Labute approximate surface area is 164 Å². The van der Waals surface area contributed by atoms with Gasteiger partial charge in [0.1, 0.15) is 17.2 Å². The van der Waals surface area contributed by atoms with Crippen molar-refractivity contribution in [1.82, 2.24) is 14.3 Å². The second-order valence-electron chi connectivity index (χ2n) is 6.77. The molecule has 28 heavy (non-hydrogen) atoms. The lowest BCUT2D eigenvalue weighted by molar-refractivity contribution is -0.107. The second kappa shape index (κ2) is 8.73. The molecule has 0 saturated carbocycles. The summed E-state index contributed by atoms with van der Waals surface area (Å²) < 4.78 is 7.17. The number of carbonyl (C=O) groups is 2. The summed E-state index contributed by atoms with van der Waals surface area (Å²) in [5, 5.41) is 0. The molecule has 7 nitrogen and oxygen atoms in total. The minimum absolute atomic E-state index is 0.123. The molecule has 3 heterocycles. The number of fused-ring (bicyclic) bond motifs is 1. The van der Waals surface area contributed by atoms with Gasteiger partial charge in [0, 0.05) is 19.8 Å². The number of hydrogen-bond donors (Lipinski definition) is 0. The van der Waals surface area contributed by atoms with Crippen LogP contribution in [-0.2, 0) is 17.8 Å². The zero-order valence-electron chi connectivity index (χ0n) is 16.6. The number of hydrogen-bond acceptors (Lipinski definition) is 4. The molecule has 7 heteroatoms. The number of unbranched alkanes of at least 4 members (excludes halogenated alkanes) is 1. The maximum absolute atomic E-state index is 12.9. The summed E-state index contributed by atoms with van der Waals surface area (Å²) >= 11 is 0. The zero-order chi connectivity index (χ0) is 20.1. The number of nitrogens with zero attached hydrogens (tertiary/aromatic N) is 4. The molecule has 0 unspecified atom stereocenters. The van der Waals surface area contributed by atoms with Crippen molar-refractivity contribution in [2.24, 2.45) is 0 Å². The van der Waals surface area contributed by atoms with Crippen molar-refractivity contribution in [3.8, 4) is 0 Å². The van der Waals surface area contributed by atoms with E-state index in [1.165, 1.54) is 0 Å². The minimum Gasteiger partial charge on any atom is -0.467 e. The first-order valence-electron chi connectivity index (χ1n) is 9.59. The first-order chi connectivity index (χ1) is 13.6. The molecule has 148 valence electrons. The van der Waals surface area contributed by atoms with E-state index in [2.05, 4.69) is 11.9 Å². The predicted octanol–water partition coefficient (Wildman–Crippen LogP) is 3.52. The molecule has 0 aliphatic heterocycles. The Balaban J connectivity index is 1.96. The van der Waals surface area contributed by atoms with E-state index in [0.29, 0.717) is 25.1 Å². The highest BCUT2D eigenvalue weighted by Gasteiger charge is 2.20. The quantitative estimate of drug-likeness (QED) is 0.531. The molecule has 0 atom stereocenters. The van der Waals surface area contributed by atoms with Crippen LogP contribution in [0.15, 0.2) is 41.1 Å². The lowest BCUT2D eigenvalue weighted by Crippen LogP contribution is -2.27. The van der Waals surface area contributed by atoms with Gasteiger partial charge in [0.05, 0.1) is 24.1 Å². The van der Waals surface area contributed by atoms with Crippen LogP contribution in [0.2, 0.25) is 0 Å². The van der Waals surface area contributed by atoms with Crippen molar-refractivity contribution >= 4 is 23.8 Å². The number of aromatic nitrogens is 2. The third-order valence-corrected chi connectivity index (χ3v) is 4.72. The zero-order valence-corrected chi connectivity index (χ0v) is 16.6. The molecule has 3 aromatic heterocycles. The molecule has 0 saturated heterocycles. The molecular formula is C21H26N4O3. The van der Waals surface area contributed by atoms with Crippen LogP contribution < -0.4 is 4.90 Å². The summed E-state index contributed by atoms with van der Waals surface area (Å²) in [6, 6.07) is 7.22. The van der Waals surface area contributed by atoms with Gasteiger partial charge in [-0.1, -0.05) is 20.3 Å². The van der Waals surface area contributed by atoms with Crippen molar-refractivity contribution < 1.29 is 14.0 Å². The average Bonchev–Trinajstić information content (AvgIpc) is 3.35. The molecule has 0 spiro atoms. The van der Waals surface area contributed by atoms with E-state index >= 15 is 0 Å².